The lowest BCUT2D eigenvalue weighted by atomic mass is 9.98. The monoisotopic (exact) mass is 304 g/mol. The van der Waals surface area contributed by atoms with Crippen LogP contribution in [0.3, 0.4) is 0 Å². The van der Waals surface area contributed by atoms with Crippen LogP contribution in [0, 0.1) is 0 Å². The number of nitrogens with one attached hydrogen (secondary N) is 2. The quantitative estimate of drug-likeness (QED) is 0.524. The zero-order valence-electron chi connectivity index (χ0n) is 12.3. The SMILES string of the molecule is O=C(NO)c1cnc2c(c1)CN(C[C@@]13CN[C@@H](CO1)C3)CC2. The van der Waals surface area contributed by atoms with E-state index in [9.17, 15) is 4.79 Å². The van der Waals surface area contributed by atoms with Crippen LogP contribution < -0.4 is 10.8 Å². The Labute approximate surface area is 128 Å². The highest BCUT2D eigenvalue weighted by Gasteiger charge is 2.47. The minimum Gasteiger partial charge on any atom is -0.371 e. The maximum atomic E-state index is 11.5. The summed E-state index contributed by atoms with van der Waals surface area (Å²) in [5.74, 6) is -0.520. The first kappa shape index (κ1) is 14.1. The number of nitrogens with zero attached hydrogens (tertiary/aromatic N) is 2. The van der Waals surface area contributed by atoms with Gasteiger partial charge in [-0.25, -0.2) is 5.48 Å². The van der Waals surface area contributed by atoms with Gasteiger partial charge < -0.3 is 10.1 Å². The van der Waals surface area contributed by atoms with E-state index in [1.807, 2.05) is 6.07 Å². The lowest BCUT2D eigenvalue weighted by Crippen LogP contribution is -2.48. The summed E-state index contributed by atoms with van der Waals surface area (Å²) >= 11 is 0. The number of aromatic nitrogens is 1. The van der Waals surface area contributed by atoms with Gasteiger partial charge in [0, 0.05) is 50.5 Å². The minimum absolute atomic E-state index is 0.0459. The zero-order chi connectivity index (χ0) is 15.2. The van der Waals surface area contributed by atoms with E-state index in [1.54, 1.807) is 5.48 Å². The second-order valence-electron chi connectivity index (χ2n) is 6.51. The van der Waals surface area contributed by atoms with Gasteiger partial charge in [0.2, 0.25) is 0 Å². The fraction of sp³-hybridized carbons (Fsp3) is 0.600. The molecule has 0 spiro atoms. The van der Waals surface area contributed by atoms with E-state index in [0.717, 1.165) is 56.9 Å². The Morgan fingerprint density at radius 2 is 2.55 bits per heavy atom. The van der Waals surface area contributed by atoms with Crippen molar-refractivity contribution >= 4 is 5.91 Å². The standard InChI is InChI=1S/C15H20N4O3/c20-14(18-21)10-3-11-6-19(2-1-13(11)16-5-10)9-15-4-12(7-22-15)17-8-15/h3,5,12,17,21H,1-2,4,6-9H2,(H,18,20)/t12-,15-/m1/s1. The Balaban J connectivity index is 1.49. The zero-order valence-corrected chi connectivity index (χ0v) is 12.3. The summed E-state index contributed by atoms with van der Waals surface area (Å²) < 4.78 is 5.99. The fourth-order valence-corrected chi connectivity index (χ4v) is 3.81. The van der Waals surface area contributed by atoms with E-state index >= 15 is 0 Å². The van der Waals surface area contributed by atoms with Gasteiger partial charge >= 0.3 is 0 Å². The van der Waals surface area contributed by atoms with Crippen LogP contribution in [0.1, 0.15) is 28.0 Å². The number of carbonyl (C=O) groups excluding carboxylic acids is 1. The third kappa shape index (κ3) is 2.40. The van der Waals surface area contributed by atoms with E-state index in [-0.39, 0.29) is 5.60 Å². The van der Waals surface area contributed by atoms with Crippen molar-refractivity contribution < 1.29 is 14.7 Å². The summed E-state index contributed by atoms with van der Waals surface area (Å²) in [5, 5.41) is 12.2. The van der Waals surface area contributed by atoms with Crippen molar-refractivity contribution in [2.75, 3.05) is 26.2 Å². The molecule has 1 aromatic rings. The van der Waals surface area contributed by atoms with Crippen LogP contribution in [-0.4, -0.2) is 58.9 Å². The predicted octanol–water partition coefficient (Wildman–Crippen LogP) is -0.310. The number of carbonyl (C=O) groups is 1. The van der Waals surface area contributed by atoms with E-state index in [4.69, 9.17) is 9.94 Å². The Morgan fingerprint density at radius 1 is 1.64 bits per heavy atom. The van der Waals surface area contributed by atoms with Crippen molar-refractivity contribution in [2.24, 2.45) is 0 Å². The number of hydrogen-bond donors (Lipinski definition) is 3. The number of rotatable bonds is 3. The number of morpholine rings is 1. The number of hydrogen-bond acceptors (Lipinski definition) is 6. The van der Waals surface area contributed by atoms with Crippen LogP contribution in [0.15, 0.2) is 12.3 Å². The van der Waals surface area contributed by atoms with Gasteiger partial charge in [-0.3, -0.25) is 19.9 Å². The van der Waals surface area contributed by atoms with Crippen LogP contribution in [0.25, 0.3) is 0 Å². The van der Waals surface area contributed by atoms with Crippen LogP contribution in [0.5, 0.6) is 0 Å². The molecule has 3 N–H and O–H groups in total. The van der Waals surface area contributed by atoms with Gasteiger partial charge in [0.25, 0.3) is 5.91 Å². The van der Waals surface area contributed by atoms with Gasteiger partial charge in [0.15, 0.2) is 0 Å². The number of fused-ring (bicyclic) bond motifs is 3. The Bertz CT molecular complexity index is 598. The van der Waals surface area contributed by atoms with Gasteiger partial charge in [-0.15, -0.1) is 0 Å². The Kier molecular flexibility index (Phi) is 3.37. The average Bonchev–Trinajstić information content (AvgIpc) is 3.13. The van der Waals surface area contributed by atoms with Gasteiger partial charge in [0.05, 0.1) is 17.8 Å². The minimum atomic E-state index is -0.520. The van der Waals surface area contributed by atoms with Crippen LogP contribution >= 0.6 is 0 Å². The lowest BCUT2D eigenvalue weighted by Gasteiger charge is -2.36. The normalized spacial score (nSPS) is 30.3. The molecule has 0 unspecified atom stereocenters. The maximum Gasteiger partial charge on any atom is 0.276 e. The Hall–Kier alpha value is -1.54. The topological polar surface area (TPSA) is 86.7 Å². The summed E-state index contributed by atoms with van der Waals surface area (Å²) in [4.78, 5) is 18.3. The van der Waals surface area contributed by atoms with Crippen LogP contribution in [-0.2, 0) is 17.7 Å². The van der Waals surface area contributed by atoms with E-state index in [0.29, 0.717) is 11.6 Å². The van der Waals surface area contributed by atoms with Crippen molar-refractivity contribution in [2.45, 2.75) is 31.0 Å². The third-order valence-electron chi connectivity index (χ3n) is 4.92. The second-order valence-corrected chi connectivity index (χ2v) is 6.51. The highest BCUT2D eigenvalue weighted by atomic mass is 16.5. The lowest BCUT2D eigenvalue weighted by molar-refractivity contribution is -0.0324. The fourth-order valence-electron chi connectivity index (χ4n) is 3.81. The molecule has 4 rings (SSSR count). The molecule has 118 valence electrons. The van der Waals surface area contributed by atoms with Crippen molar-refractivity contribution in [3.8, 4) is 0 Å². The average molecular weight is 304 g/mol. The number of amides is 1. The molecule has 7 heteroatoms. The first-order valence-electron chi connectivity index (χ1n) is 7.69. The van der Waals surface area contributed by atoms with Crippen molar-refractivity contribution in [1.82, 2.24) is 20.7 Å². The largest absolute Gasteiger partial charge is 0.371 e. The molecule has 4 heterocycles. The molecule has 0 saturated carbocycles. The van der Waals surface area contributed by atoms with Gasteiger partial charge in [-0.1, -0.05) is 0 Å². The summed E-state index contributed by atoms with van der Waals surface area (Å²) in [6, 6.07) is 2.33. The van der Waals surface area contributed by atoms with Crippen molar-refractivity contribution in [3.63, 3.8) is 0 Å². The predicted molar refractivity (Wildman–Crippen MR) is 77.6 cm³/mol. The molecule has 2 fully saturated rings. The van der Waals surface area contributed by atoms with Crippen molar-refractivity contribution in [3.05, 3.63) is 29.1 Å². The molecule has 2 atom stereocenters. The smallest absolute Gasteiger partial charge is 0.276 e. The summed E-state index contributed by atoms with van der Waals surface area (Å²) in [6.07, 6.45) is 3.48. The number of hydroxylamine groups is 1. The van der Waals surface area contributed by atoms with E-state index < -0.39 is 5.91 Å². The summed E-state index contributed by atoms with van der Waals surface area (Å²) in [5.41, 5.74) is 4.10. The first-order chi connectivity index (χ1) is 10.7. The van der Waals surface area contributed by atoms with Gasteiger partial charge in [-0.05, 0) is 18.1 Å². The summed E-state index contributed by atoms with van der Waals surface area (Å²) in [7, 11) is 0. The third-order valence-corrected chi connectivity index (χ3v) is 4.92. The molecule has 2 saturated heterocycles. The molecule has 3 aliphatic rings. The first-order valence-corrected chi connectivity index (χ1v) is 7.69. The molecule has 1 aromatic heterocycles. The maximum absolute atomic E-state index is 11.5. The van der Waals surface area contributed by atoms with Crippen LogP contribution in [0.2, 0.25) is 0 Å². The molecule has 1 amide bonds. The highest BCUT2D eigenvalue weighted by molar-refractivity contribution is 5.93. The molecule has 7 nitrogen and oxygen atoms in total. The number of ether oxygens (including phenoxy) is 1. The van der Waals surface area contributed by atoms with Gasteiger partial charge in [-0.2, -0.15) is 0 Å². The molecular weight excluding hydrogens is 284 g/mol. The second kappa shape index (κ2) is 5.27. The molecular formula is C15H20N4O3. The molecule has 3 aliphatic heterocycles. The van der Waals surface area contributed by atoms with Crippen LogP contribution in [0.4, 0.5) is 0 Å². The van der Waals surface area contributed by atoms with Gasteiger partial charge in [0.1, 0.15) is 0 Å². The summed E-state index contributed by atoms with van der Waals surface area (Å²) in [6.45, 7) is 4.37. The van der Waals surface area contributed by atoms with Crippen molar-refractivity contribution in [1.29, 1.82) is 0 Å². The Morgan fingerprint density at radius 3 is 3.23 bits per heavy atom. The molecule has 0 aliphatic carbocycles. The molecule has 2 bridgehead atoms. The molecule has 0 radical (unpaired) electrons. The van der Waals surface area contributed by atoms with E-state index in [1.165, 1.54) is 6.20 Å². The molecule has 0 aromatic carbocycles. The van der Waals surface area contributed by atoms with E-state index in [2.05, 4.69) is 15.2 Å². The molecule has 22 heavy (non-hydrogen) atoms. The number of pyridine rings is 1. The highest BCUT2D eigenvalue weighted by Crippen LogP contribution is 2.33.